The van der Waals surface area contributed by atoms with Crippen LogP contribution in [0.25, 0.3) is 0 Å². The van der Waals surface area contributed by atoms with Crippen molar-refractivity contribution in [2.75, 3.05) is 62.7 Å². The molecule has 27 heavy (non-hydrogen) atoms. The van der Waals surface area contributed by atoms with E-state index in [0.717, 1.165) is 18.8 Å². The summed E-state index contributed by atoms with van der Waals surface area (Å²) in [6.07, 6.45) is 0. The number of carbonyl (C=O) groups is 2. The maximum Gasteiger partial charge on any atom is 0.321 e. The normalized spacial score (nSPS) is 19.6. The molecule has 0 aromatic heterocycles. The SMILES string of the molecule is C[C@H](C(N)=O)N1CCN(C(=O)Nc2cccc(Cl)c2N2CCOCC2)CC1. The van der Waals surface area contributed by atoms with Crippen molar-refractivity contribution in [2.45, 2.75) is 13.0 Å². The lowest BCUT2D eigenvalue weighted by molar-refractivity contribution is -0.123. The second-order valence-corrected chi connectivity index (χ2v) is 7.17. The summed E-state index contributed by atoms with van der Waals surface area (Å²) in [5, 5.41) is 3.60. The molecule has 9 heteroatoms. The van der Waals surface area contributed by atoms with Crippen LogP contribution in [-0.2, 0) is 9.53 Å². The molecule has 3 rings (SSSR count). The van der Waals surface area contributed by atoms with Crippen LogP contribution in [0.3, 0.4) is 0 Å². The Bertz CT molecular complexity index is 688. The zero-order valence-corrected chi connectivity index (χ0v) is 16.2. The van der Waals surface area contributed by atoms with E-state index in [1.807, 2.05) is 23.1 Å². The van der Waals surface area contributed by atoms with Crippen molar-refractivity contribution in [2.24, 2.45) is 5.73 Å². The van der Waals surface area contributed by atoms with Crippen molar-refractivity contribution in [3.8, 4) is 0 Å². The van der Waals surface area contributed by atoms with E-state index in [1.54, 1.807) is 11.8 Å². The first-order valence-electron chi connectivity index (χ1n) is 9.18. The number of carbonyl (C=O) groups excluding carboxylic acids is 2. The molecule has 2 aliphatic heterocycles. The minimum absolute atomic E-state index is 0.168. The molecule has 0 saturated carbocycles. The van der Waals surface area contributed by atoms with Crippen molar-refractivity contribution in [3.05, 3.63) is 23.2 Å². The van der Waals surface area contributed by atoms with Crippen LogP contribution in [0, 0.1) is 0 Å². The Kier molecular flexibility index (Phi) is 6.41. The molecule has 1 aromatic rings. The number of anilines is 2. The van der Waals surface area contributed by atoms with Gasteiger partial charge in [-0.3, -0.25) is 9.69 Å². The Morgan fingerprint density at radius 1 is 1.15 bits per heavy atom. The van der Waals surface area contributed by atoms with Gasteiger partial charge < -0.3 is 25.6 Å². The van der Waals surface area contributed by atoms with Gasteiger partial charge in [-0.15, -0.1) is 0 Å². The lowest BCUT2D eigenvalue weighted by Crippen LogP contribution is -2.55. The summed E-state index contributed by atoms with van der Waals surface area (Å²) in [7, 11) is 0. The van der Waals surface area contributed by atoms with Crippen molar-refractivity contribution in [1.82, 2.24) is 9.80 Å². The third-order valence-corrected chi connectivity index (χ3v) is 5.42. The Labute approximate surface area is 164 Å². The van der Waals surface area contributed by atoms with Gasteiger partial charge in [-0.25, -0.2) is 4.79 Å². The number of benzene rings is 1. The number of hydrogen-bond donors (Lipinski definition) is 2. The first-order chi connectivity index (χ1) is 13.0. The number of piperazine rings is 1. The van der Waals surface area contributed by atoms with Crippen molar-refractivity contribution in [3.63, 3.8) is 0 Å². The highest BCUT2D eigenvalue weighted by molar-refractivity contribution is 6.34. The highest BCUT2D eigenvalue weighted by Gasteiger charge is 2.27. The molecule has 3 amide bonds. The van der Waals surface area contributed by atoms with E-state index in [-0.39, 0.29) is 18.0 Å². The molecule has 2 heterocycles. The molecule has 1 atom stereocenters. The number of rotatable bonds is 4. The minimum Gasteiger partial charge on any atom is -0.378 e. The van der Waals surface area contributed by atoms with Crippen LogP contribution < -0.4 is 16.0 Å². The van der Waals surface area contributed by atoms with E-state index in [0.29, 0.717) is 50.1 Å². The number of amides is 3. The Balaban J connectivity index is 1.65. The number of hydrogen-bond acceptors (Lipinski definition) is 5. The molecular formula is C18H26ClN5O3. The molecule has 0 aliphatic carbocycles. The van der Waals surface area contributed by atoms with Gasteiger partial charge in [0.2, 0.25) is 5.91 Å². The summed E-state index contributed by atoms with van der Waals surface area (Å²) < 4.78 is 5.41. The van der Waals surface area contributed by atoms with Gasteiger partial charge in [-0.2, -0.15) is 0 Å². The molecule has 8 nitrogen and oxygen atoms in total. The zero-order valence-electron chi connectivity index (χ0n) is 15.5. The molecule has 3 N–H and O–H groups in total. The first kappa shape index (κ1) is 19.7. The van der Waals surface area contributed by atoms with Gasteiger partial charge in [0.1, 0.15) is 0 Å². The molecule has 2 aliphatic rings. The maximum absolute atomic E-state index is 12.7. The van der Waals surface area contributed by atoms with Crippen molar-refractivity contribution in [1.29, 1.82) is 0 Å². The number of urea groups is 1. The molecule has 0 unspecified atom stereocenters. The number of para-hydroxylation sites is 1. The smallest absolute Gasteiger partial charge is 0.321 e. The van der Waals surface area contributed by atoms with Gasteiger partial charge in [0.25, 0.3) is 0 Å². The van der Waals surface area contributed by atoms with Gasteiger partial charge in [-0.1, -0.05) is 17.7 Å². The highest BCUT2D eigenvalue weighted by atomic mass is 35.5. The van der Waals surface area contributed by atoms with E-state index >= 15 is 0 Å². The first-order valence-corrected chi connectivity index (χ1v) is 9.55. The summed E-state index contributed by atoms with van der Waals surface area (Å²) >= 11 is 6.42. The average Bonchev–Trinajstić information content (AvgIpc) is 2.68. The van der Waals surface area contributed by atoms with E-state index in [2.05, 4.69) is 10.2 Å². The second kappa shape index (κ2) is 8.77. The van der Waals surface area contributed by atoms with E-state index < -0.39 is 0 Å². The number of ether oxygens (including phenoxy) is 1. The fourth-order valence-electron chi connectivity index (χ4n) is 3.41. The number of halogens is 1. The topological polar surface area (TPSA) is 91.1 Å². The number of nitrogens with two attached hydrogens (primary N) is 1. The van der Waals surface area contributed by atoms with Crippen LogP contribution in [0.15, 0.2) is 18.2 Å². The van der Waals surface area contributed by atoms with Gasteiger partial charge >= 0.3 is 6.03 Å². The molecule has 0 spiro atoms. The standard InChI is InChI=1S/C18H26ClN5O3/c1-13(17(20)25)22-5-7-24(8-6-22)18(26)21-15-4-2-3-14(19)16(15)23-9-11-27-12-10-23/h2-4,13H,5-12H2,1H3,(H2,20,25)(H,21,26)/t13-/m1/s1. The summed E-state index contributed by atoms with van der Waals surface area (Å²) in [5.41, 5.74) is 6.89. The van der Waals surface area contributed by atoms with Crippen LogP contribution in [0.1, 0.15) is 6.92 Å². The average molecular weight is 396 g/mol. The predicted octanol–water partition coefficient (Wildman–Crippen LogP) is 1.20. The fraction of sp³-hybridized carbons (Fsp3) is 0.556. The summed E-state index contributed by atoms with van der Waals surface area (Å²) in [6.45, 7) is 6.84. The molecule has 0 radical (unpaired) electrons. The number of primary amides is 1. The summed E-state index contributed by atoms with van der Waals surface area (Å²) in [5.74, 6) is -0.345. The monoisotopic (exact) mass is 395 g/mol. The van der Waals surface area contributed by atoms with Crippen molar-refractivity contribution >= 4 is 34.9 Å². The number of nitrogens with zero attached hydrogens (tertiary/aromatic N) is 3. The van der Waals surface area contributed by atoms with Crippen LogP contribution >= 0.6 is 11.6 Å². The molecular weight excluding hydrogens is 370 g/mol. The van der Waals surface area contributed by atoms with Gasteiger partial charge in [0.05, 0.1) is 35.7 Å². The lowest BCUT2D eigenvalue weighted by atomic mass is 10.2. The van der Waals surface area contributed by atoms with E-state index in [4.69, 9.17) is 22.1 Å². The molecule has 1 aromatic carbocycles. The quantitative estimate of drug-likeness (QED) is 0.799. The number of nitrogens with one attached hydrogen (secondary N) is 1. The Morgan fingerprint density at radius 3 is 2.44 bits per heavy atom. The largest absolute Gasteiger partial charge is 0.378 e. The summed E-state index contributed by atoms with van der Waals surface area (Å²) in [6, 6.07) is 5.02. The van der Waals surface area contributed by atoms with Gasteiger partial charge in [0, 0.05) is 39.3 Å². The van der Waals surface area contributed by atoms with Crippen LogP contribution in [-0.4, -0.2) is 80.3 Å². The van der Waals surface area contributed by atoms with Crippen LogP contribution in [0.5, 0.6) is 0 Å². The van der Waals surface area contributed by atoms with Crippen LogP contribution in [0.4, 0.5) is 16.2 Å². The highest BCUT2D eigenvalue weighted by Crippen LogP contribution is 2.34. The molecule has 148 valence electrons. The molecule has 2 saturated heterocycles. The van der Waals surface area contributed by atoms with E-state index in [9.17, 15) is 9.59 Å². The van der Waals surface area contributed by atoms with Gasteiger partial charge in [0.15, 0.2) is 0 Å². The third kappa shape index (κ3) is 4.63. The lowest BCUT2D eigenvalue weighted by Gasteiger charge is -2.37. The Morgan fingerprint density at radius 2 is 1.81 bits per heavy atom. The van der Waals surface area contributed by atoms with Gasteiger partial charge in [-0.05, 0) is 19.1 Å². The summed E-state index contributed by atoms with van der Waals surface area (Å²) in [4.78, 5) is 29.9. The minimum atomic E-state index is -0.345. The predicted molar refractivity (Wildman–Crippen MR) is 105 cm³/mol. The number of morpholine rings is 1. The second-order valence-electron chi connectivity index (χ2n) is 6.77. The fourth-order valence-corrected chi connectivity index (χ4v) is 3.71. The Hall–Kier alpha value is -2.03. The third-order valence-electron chi connectivity index (χ3n) is 5.12. The van der Waals surface area contributed by atoms with E-state index in [1.165, 1.54) is 0 Å². The molecule has 0 bridgehead atoms. The maximum atomic E-state index is 12.7. The molecule has 2 fully saturated rings. The zero-order chi connectivity index (χ0) is 19.4. The van der Waals surface area contributed by atoms with Crippen LogP contribution in [0.2, 0.25) is 5.02 Å². The van der Waals surface area contributed by atoms with Crippen molar-refractivity contribution < 1.29 is 14.3 Å².